The molecule has 38 heavy (non-hydrogen) atoms. The first-order chi connectivity index (χ1) is 18.9. The van der Waals surface area contributed by atoms with Gasteiger partial charge in [0.05, 0.1) is 11.4 Å². The predicted molar refractivity (Wildman–Crippen MR) is 154 cm³/mol. The number of nitrogens with zero attached hydrogens (tertiary/aromatic N) is 4. The zero-order valence-electron chi connectivity index (χ0n) is 20.5. The van der Waals surface area contributed by atoms with Crippen molar-refractivity contribution in [2.45, 2.75) is 0 Å². The van der Waals surface area contributed by atoms with E-state index in [-0.39, 0.29) is 0 Å². The van der Waals surface area contributed by atoms with E-state index in [0.29, 0.717) is 0 Å². The third kappa shape index (κ3) is 3.80. The van der Waals surface area contributed by atoms with Gasteiger partial charge in [-0.05, 0) is 69.1 Å². The first-order valence-electron chi connectivity index (χ1n) is 12.5. The Balaban J connectivity index is 1.43. The second-order valence-corrected chi connectivity index (χ2v) is 9.18. The van der Waals surface area contributed by atoms with E-state index < -0.39 is 0 Å². The van der Waals surface area contributed by atoms with Gasteiger partial charge in [-0.2, -0.15) is 0 Å². The molecule has 178 valence electrons. The van der Waals surface area contributed by atoms with Crippen LogP contribution in [0.15, 0.2) is 134 Å². The third-order valence-electron chi connectivity index (χ3n) is 7.00. The number of benzene rings is 3. The van der Waals surface area contributed by atoms with Gasteiger partial charge in [-0.25, -0.2) is 0 Å². The lowest BCUT2D eigenvalue weighted by Gasteiger charge is -2.17. The van der Waals surface area contributed by atoms with Gasteiger partial charge < -0.3 is 0 Å². The van der Waals surface area contributed by atoms with Crippen molar-refractivity contribution in [3.8, 4) is 44.8 Å². The maximum Gasteiger partial charge on any atom is 0.0714 e. The van der Waals surface area contributed by atoms with Crippen molar-refractivity contribution in [2.75, 3.05) is 0 Å². The van der Waals surface area contributed by atoms with Gasteiger partial charge in [0.15, 0.2) is 0 Å². The average molecular weight is 487 g/mol. The Morgan fingerprint density at radius 2 is 0.711 bits per heavy atom. The monoisotopic (exact) mass is 486 g/mol. The van der Waals surface area contributed by atoms with Gasteiger partial charge in [-0.1, -0.05) is 60.7 Å². The maximum atomic E-state index is 4.93. The minimum atomic E-state index is 0.947. The van der Waals surface area contributed by atoms with E-state index in [9.17, 15) is 0 Å². The summed E-state index contributed by atoms with van der Waals surface area (Å²) in [6.45, 7) is 0. The van der Waals surface area contributed by atoms with E-state index in [1.165, 1.54) is 0 Å². The van der Waals surface area contributed by atoms with Crippen molar-refractivity contribution in [1.82, 2.24) is 19.9 Å². The van der Waals surface area contributed by atoms with E-state index in [0.717, 1.165) is 66.3 Å². The number of aromatic nitrogens is 4. The SMILES string of the molecule is c1ccc2c(-c3ccc(-c4ccncc4)cn3)c3ccccc3c(-c3ccc(-c4ccncc4)cn3)c2c1. The van der Waals surface area contributed by atoms with Crippen molar-refractivity contribution in [2.24, 2.45) is 0 Å². The van der Waals surface area contributed by atoms with Crippen LogP contribution in [0.5, 0.6) is 0 Å². The highest BCUT2D eigenvalue weighted by atomic mass is 14.7. The summed E-state index contributed by atoms with van der Waals surface area (Å²) in [4.78, 5) is 18.1. The summed E-state index contributed by atoms with van der Waals surface area (Å²) in [6, 6.07) is 33.6. The highest BCUT2D eigenvalue weighted by Crippen LogP contribution is 2.42. The third-order valence-corrected chi connectivity index (χ3v) is 7.00. The molecule has 7 rings (SSSR count). The first kappa shape index (κ1) is 22.0. The fourth-order valence-electron chi connectivity index (χ4n) is 5.19. The zero-order chi connectivity index (χ0) is 25.3. The normalized spacial score (nSPS) is 11.2. The maximum absolute atomic E-state index is 4.93. The van der Waals surface area contributed by atoms with Crippen LogP contribution in [0.4, 0.5) is 0 Å². The summed E-state index contributed by atoms with van der Waals surface area (Å²) >= 11 is 0. The Morgan fingerprint density at radius 3 is 1.03 bits per heavy atom. The molecule has 0 fully saturated rings. The average Bonchev–Trinajstić information content (AvgIpc) is 3.01. The Kier molecular flexibility index (Phi) is 5.41. The molecular weight excluding hydrogens is 464 g/mol. The summed E-state index contributed by atoms with van der Waals surface area (Å²) in [5, 5.41) is 4.63. The van der Waals surface area contributed by atoms with E-state index in [1.54, 1.807) is 24.8 Å². The molecule has 0 saturated carbocycles. The van der Waals surface area contributed by atoms with Crippen LogP contribution in [0, 0.1) is 0 Å². The predicted octanol–water partition coefficient (Wildman–Crippen LogP) is 8.24. The first-order valence-corrected chi connectivity index (χ1v) is 12.5. The molecule has 0 amide bonds. The Bertz CT molecular complexity index is 1680. The Morgan fingerprint density at radius 1 is 0.342 bits per heavy atom. The highest BCUT2D eigenvalue weighted by molar-refractivity contribution is 6.20. The molecule has 4 heterocycles. The number of fused-ring (bicyclic) bond motifs is 2. The molecule has 3 aromatic carbocycles. The van der Waals surface area contributed by atoms with Gasteiger partial charge in [0.2, 0.25) is 0 Å². The Hall–Kier alpha value is -5.22. The molecular formula is C34H22N4. The number of hydrogen-bond donors (Lipinski definition) is 0. The van der Waals surface area contributed by atoms with Crippen LogP contribution in [0.1, 0.15) is 0 Å². The van der Waals surface area contributed by atoms with Crippen LogP contribution < -0.4 is 0 Å². The summed E-state index contributed by atoms with van der Waals surface area (Å²) in [5.41, 5.74) is 8.50. The van der Waals surface area contributed by atoms with Crippen LogP contribution >= 0.6 is 0 Å². The standard InChI is InChI=1S/C34H22N4/c1-2-6-28-27(5-1)33(31-11-9-25(21-37-31)23-13-17-35-18-14-23)29-7-3-4-8-30(29)34(28)32-12-10-26(22-38-32)24-15-19-36-20-16-24/h1-22H. The number of rotatable bonds is 4. The topological polar surface area (TPSA) is 51.6 Å². The molecule has 0 saturated heterocycles. The largest absolute Gasteiger partial charge is 0.265 e. The molecule has 0 unspecified atom stereocenters. The van der Waals surface area contributed by atoms with Gasteiger partial charge >= 0.3 is 0 Å². The molecule has 0 aliphatic carbocycles. The molecule has 0 N–H and O–H groups in total. The lowest BCUT2D eigenvalue weighted by molar-refractivity contribution is 1.30. The number of hydrogen-bond acceptors (Lipinski definition) is 4. The molecule has 0 radical (unpaired) electrons. The van der Waals surface area contributed by atoms with E-state index in [2.05, 4.69) is 82.8 Å². The molecule has 0 spiro atoms. The molecule has 7 aromatic rings. The fraction of sp³-hybridized carbons (Fsp3) is 0. The van der Waals surface area contributed by atoms with Crippen molar-refractivity contribution in [3.05, 3.63) is 134 Å². The van der Waals surface area contributed by atoms with Gasteiger partial charge in [0.1, 0.15) is 0 Å². The highest BCUT2D eigenvalue weighted by Gasteiger charge is 2.18. The van der Waals surface area contributed by atoms with Crippen molar-refractivity contribution < 1.29 is 0 Å². The molecule has 4 aromatic heterocycles. The van der Waals surface area contributed by atoms with Gasteiger partial charge in [-0.3, -0.25) is 19.9 Å². The van der Waals surface area contributed by atoms with Crippen LogP contribution in [-0.4, -0.2) is 19.9 Å². The van der Waals surface area contributed by atoms with Gasteiger partial charge in [-0.15, -0.1) is 0 Å². The van der Waals surface area contributed by atoms with E-state index in [1.807, 2.05) is 36.7 Å². The minimum absolute atomic E-state index is 0.947. The van der Waals surface area contributed by atoms with Crippen LogP contribution in [-0.2, 0) is 0 Å². The lowest BCUT2D eigenvalue weighted by Crippen LogP contribution is -1.94. The van der Waals surface area contributed by atoms with Gasteiger partial charge in [0.25, 0.3) is 0 Å². The molecule has 0 aliphatic rings. The molecule has 0 aliphatic heterocycles. The molecule has 0 atom stereocenters. The summed E-state index contributed by atoms with van der Waals surface area (Å²) < 4.78 is 0. The van der Waals surface area contributed by atoms with Crippen LogP contribution in [0.25, 0.3) is 66.3 Å². The number of pyridine rings is 4. The second-order valence-electron chi connectivity index (χ2n) is 9.18. The molecule has 0 bridgehead atoms. The van der Waals surface area contributed by atoms with E-state index >= 15 is 0 Å². The van der Waals surface area contributed by atoms with Crippen LogP contribution in [0.3, 0.4) is 0 Å². The van der Waals surface area contributed by atoms with Crippen molar-refractivity contribution in [1.29, 1.82) is 0 Å². The van der Waals surface area contributed by atoms with Crippen molar-refractivity contribution >= 4 is 21.5 Å². The summed E-state index contributed by atoms with van der Waals surface area (Å²) in [7, 11) is 0. The Labute approximate surface area is 220 Å². The van der Waals surface area contributed by atoms with Crippen LogP contribution in [0.2, 0.25) is 0 Å². The fourth-order valence-corrected chi connectivity index (χ4v) is 5.19. The molecule has 4 nitrogen and oxygen atoms in total. The van der Waals surface area contributed by atoms with Gasteiger partial charge in [0, 0.05) is 59.4 Å². The smallest absolute Gasteiger partial charge is 0.0714 e. The zero-order valence-corrected chi connectivity index (χ0v) is 20.5. The quantitative estimate of drug-likeness (QED) is 0.235. The summed E-state index contributed by atoms with van der Waals surface area (Å²) in [6.07, 6.45) is 11.1. The van der Waals surface area contributed by atoms with E-state index in [4.69, 9.17) is 9.97 Å². The lowest BCUT2D eigenvalue weighted by atomic mass is 9.88. The molecule has 4 heteroatoms. The minimum Gasteiger partial charge on any atom is -0.265 e. The second kappa shape index (κ2) is 9.34. The summed E-state index contributed by atoms with van der Waals surface area (Å²) in [5.74, 6) is 0. The van der Waals surface area contributed by atoms with Crippen molar-refractivity contribution in [3.63, 3.8) is 0 Å².